The van der Waals surface area contributed by atoms with Crippen LogP contribution < -0.4 is 5.32 Å². The number of carbonyl (C=O) groups excluding carboxylic acids is 1. The predicted molar refractivity (Wildman–Crippen MR) is 74.3 cm³/mol. The van der Waals surface area contributed by atoms with Crippen molar-refractivity contribution in [3.8, 4) is 0 Å². The van der Waals surface area contributed by atoms with Crippen molar-refractivity contribution in [2.24, 2.45) is 0 Å². The largest absolute Gasteiger partial charge is 0.368 e. The molecule has 0 radical (unpaired) electrons. The Hall–Kier alpha value is -1.06. The van der Waals surface area contributed by atoms with Crippen LogP contribution in [0, 0.1) is 0 Å². The van der Waals surface area contributed by atoms with Gasteiger partial charge in [-0.25, -0.2) is 0 Å². The SMILES string of the molecule is O=C(NCC1(c2ccc(Cl)cc2)CC1)C1CCCO1. The molecule has 4 heteroatoms. The first-order valence-electron chi connectivity index (χ1n) is 6.85. The smallest absolute Gasteiger partial charge is 0.249 e. The first-order valence-corrected chi connectivity index (χ1v) is 7.23. The molecule has 1 aromatic rings. The lowest BCUT2D eigenvalue weighted by Crippen LogP contribution is -2.38. The zero-order valence-corrected chi connectivity index (χ0v) is 11.6. The van der Waals surface area contributed by atoms with E-state index in [0.717, 1.165) is 30.7 Å². The van der Waals surface area contributed by atoms with Crippen LogP contribution in [0.3, 0.4) is 0 Å². The Kier molecular flexibility index (Phi) is 3.50. The molecule has 0 spiro atoms. The van der Waals surface area contributed by atoms with Gasteiger partial charge in [0.25, 0.3) is 0 Å². The molecule has 1 atom stereocenters. The van der Waals surface area contributed by atoms with Gasteiger partial charge in [0.15, 0.2) is 0 Å². The predicted octanol–water partition coefficient (Wildman–Crippen LogP) is 2.67. The topological polar surface area (TPSA) is 38.3 Å². The van der Waals surface area contributed by atoms with E-state index in [1.54, 1.807) is 0 Å². The maximum atomic E-state index is 11.9. The minimum Gasteiger partial charge on any atom is -0.368 e. The van der Waals surface area contributed by atoms with Crippen molar-refractivity contribution in [1.82, 2.24) is 5.32 Å². The van der Waals surface area contributed by atoms with Crippen LogP contribution in [0.1, 0.15) is 31.2 Å². The Morgan fingerprint density at radius 1 is 1.37 bits per heavy atom. The van der Waals surface area contributed by atoms with E-state index in [9.17, 15) is 4.79 Å². The molecule has 1 heterocycles. The van der Waals surface area contributed by atoms with E-state index in [2.05, 4.69) is 17.4 Å². The molecule has 2 aliphatic rings. The minimum atomic E-state index is -0.235. The Labute approximate surface area is 118 Å². The van der Waals surface area contributed by atoms with Crippen molar-refractivity contribution < 1.29 is 9.53 Å². The van der Waals surface area contributed by atoms with E-state index >= 15 is 0 Å². The van der Waals surface area contributed by atoms with Crippen molar-refractivity contribution in [2.45, 2.75) is 37.2 Å². The van der Waals surface area contributed by atoms with Crippen LogP contribution in [0.4, 0.5) is 0 Å². The van der Waals surface area contributed by atoms with E-state index in [1.165, 1.54) is 5.56 Å². The summed E-state index contributed by atoms with van der Waals surface area (Å²) in [5.41, 5.74) is 1.39. The highest BCUT2D eigenvalue weighted by atomic mass is 35.5. The summed E-state index contributed by atoms with van der Waals surface area (Å²) in [6.45, 7) is 1.41. The number of benzene rings is 1. The summed E-state index contributed by atoms with van der Waals surface area (Å²) in [6, 6.07) is 7.96. The lowest BCUT2D eigenvalue weighted by Gasteiger charge is -2.18. The van der Waals surface area contributed by atoms with Crippen molar-refractivity contribution in [3.05, 3.63) is 34.9 Å². The molecule has 102 valence electrons. The highest BCUT2D eigenvalue weighted by Gasteiger charge is 2.44. The lowest BCUT2D eigenvalue weighted by atomic mass is 9.96. The highest BCUT2D eigenvalue weighted by Crippen LogP contribution is 2.47. The van der Waals surface area contributed by atoms with Crippen molar-refractivity contribution in [2.75, 3.05) is 13.2 Å². The van der Waals surface area contributed by atoms with Crippen LogP contribution in [0.5, 0.6) is 0 Å². The van der Waals surface area contributed by atoms with E-state index in [1.807, 2.05) is 12.1 Å². The van der Waals surface area contributed by atoms with Crippen LogP contribution in [0.25, 0.3) is 0 Å². The van der Waals surface area contributed by atoms with Crippen LogP contribution in [-0.2, 0) is 14.9 Å². The molecule has 1 amide bonds. The number of halogens is 1. The highest BCUT2D eigenvalue weighted by molar-refractivity contribution is 6.30. The Bertz CT molecular complexity index is 462. The van der Waals surface area contributed by atoms with Gasteiger partial charge in [-0.1, -0.05) is 23.7 Å². The third kappa shape index (κ3) is 2.77. The molecule has 1 saturated heterocycles. The summed E-state index contributed by atoms with van der Waals surface area (Å²) < 4.78 is 5.39. The van der Waals surface area contributed by atoms with Crippen LogP contribution in [-0.4, -0.2) is 25.2 Å². The summed E-state index contributed by atoms with van der Waals surface area (Å²) in [4.78, 5) is 11.9. The molecule has 3 rings (SSSR count). The summed E-state index contributed by atoms with van der Waals surface area (Å²) in [5.74, 6) is 0.0396. The number of nitrogens with one attached hydrogen (secondary N) is 1. The number of amides is 1. The van der Waals surface area contributed by atoms with Gasteiger partial charge < -0.3 is 10.1 Å². The first-order chi connectivity index (χ1) is 9.20. The molecular weight excluding hydrogens is 262 g/mol. The van der Waals surface area contributed by atoms with Crippen LogP contribution in [0.15, 0.2) is 24.3 Å². The van der Waals surface area contributed by atoms with Crippen molar-refractivity contribution >= 4 is 17.5 Å². The molecule has 19 heavy (non-hydrogen) atoms. The number of carbonyl (C=O) groups is 1. The second kappa shape index (κ2) is 5.14. The third-order valence-electron chi connectivity index (χ3n) is 4.13. The monoisotopic (exact) mass is 279 g/mol. The number of hydrogen-bond acceptors (Lipinski definition) is 2. The maximum absolute atomic E-state index is 11.9. The quantitative estimate of drug-likeness (QED) is 0.920. The van der Waals surface area contributed by atoms with Gasteiger partial charge in [-0.3, -0.25) is 4.79 Å². The molecule has 1 aliphatic heterocycles. The number of hydrogen-bond donors (Lipinski definition) is 1. The zero-order valence-electron chi connectivity index (χ0n) is 10.8. The number of rotatable bonds is 4. The van der Waals surface area contributed by atoms with Gasteiger partial charge in [0.2, 0.25) is 5.91 Å². The molecule has 1 saturated carbocycles. The van der Waals surface area contributed by atoms with Gasteiger partial charge in [0, 0.05) is 23.6 Å². The molecule has 2 fully saturated rings. The standard InChI is InChI=1S/C15H18ClNO2/c16-12-5-3-11(4-6-12)15(7-8-15)10-17-14(18)13-2-1-9-19-13/h3-6,13H,1-2,7-10H2,(H,17,18). The molecule has 1 N–H and O–H groups in total. The van der Waals surface area contributed by atoms with Gasteiger partial charge >= 0.3 is 0 Å². The van der Waals surface area contributed by atoms with Gasteiger partial charge in [-0.05, 0) is 43.4 Å². The van der Waals surface area contributed by atoms with Gasteiger partial charge in [-0.15, -0.1) is 0 Å². The first kappa shape index (κ1) is 12.9. The summed E-state index contributed by atoms with van der Waals surface area (Å²) in [7, 11) is 0. The Morgan fingerprint density at radius 2 is 2.11 bits per heavy atom. The van der Waals surface area contributed by atoms with Crippen LogP contribution >= 0.6 is 11.6 Å². The fraction of sp³-hybridized carbons (Fsp3) is 0.533. The second-order valence-electron chi connectivity index (χ2n) is 5.51. The van der Waals surface area contributed by atoms with Gasteiger partial charge in [0.1, 0.15) is 6.10 Å². The average Bonchev–Trinajstić information content (AvgIpc) is 3.01. The zero-order chi connectivity index (χ0) is 13.3. The lowest BCUT2D eigenvalue weighted by molar-refractivity contribution is -0.130. The molecule has 0 aromatic heterocycles. The third-order valence-corrected chi connectivity index (χ3v) is 4.39. The molecule has 3 nitrogen and oxygen atoms in total. The van der Waals surface area contributed by atoms with Gasteiger partial charge in [-0.2, -0.15) is 0 Å². The minimum absolute atomic E-state index is 0.0396. The molecule has 1 unspecified atom stereocenters. The summed E-state index contributed by atoms with van der Waals surface area (Å²) in [6.07, 6.45) is 3.85. The van der Waals surface area contributed by atoms with Crippen molar-refractivity contribution in [3.63, 3.8) is 0 Å². The molecule has 1 aliphatic carbocycles. The van der Waals surface area contributed by atoms with Crippen LogP contribution in [0.2, 0.25) is 5.02 Å². The summed E-state index contributed by atoms with van der Waals surface area (Å²) in [5, 5.41) is 3.80. The van der Waals surface area contributed by atoms with E-state index in [4.69, 9.17) is 16.3 Å². The van der Waals surface area contributed by atoms with Crippen molar-refractivity contribution in [1.29, 1.82) is 0 Å². The molecule has 0 bridgehead atoms. The molecule has 1 aromatic carbocycles. The number of ether oxygens (including phenoxy) is 1. The fourth-order valence-electron chi connectivity index (χ4n) is 2.68. The summed E-state index contributed by atoms with van der Waals surface area (Å²) >= 11 is 5.91. The van der Waals surface area contributed by atoms with E-state index in [0.29, 0.717) is 13.2 Å². The van der Waals surface area contributed by atoms with E-state index in [-0.39, 0.29) is 17.4 Å². The molecular formula is C15H18ClNO2. The second-order valence-corrected chi connectivity index (χ2v) is 5.94. The Balaban J connectivity index is 1.59. The average molecular weight is 280 g/mol. The Morgan fingerprint density at radius 3 is 2.68 bits per heavy atom. The normalized spacial score (nSPS) is 24.2. The maximum Gasteiger partial charge on any atom is 0.249 e. The van der Waals surface area contributed by atoms with Gasteiger partial charge in [0.05, 0.1) is 0 Å². The van der Waals surface area contributed by atoms with E-state index < -0.39 is 0 Å². The fourth-order valence-corrected chi connectivity index (χ4v) is 2.80.